The normalized spacial score (nSPS) is 10.5. The molecule has 0 aromatic heterocycles. The van der Waals surface area contributed by atoms with Gasteiger partial charge in [0.25, 0.3) is 5.91 Å². The average molecular weight is 342 g/mol. The minimum absolute atomic E-state index is 0.102. The fourth-order valence-electron chi connectivity index (χ4n) is 2.36. The molecule has 2 aromatic rings. The van der Waals surface area contributed by atoms with Crippen LogP contribution in [-0.4, -0.2) is 39.3 Å². The Morgan fingerprint density at radius 1 is 1.04 bits per heavy atom. The predicted molar refractivity (Wildman–Crippen MR) is 99.0 cm³/mol. The Balaban J connectivity index is 1.80. The number of carbonyl (C=O) groups excluding carboxylic acids is 1. The second-order valence-electron chi connectivity index (χ2n) is 5.80. The summed E-state index contributed by atoms with van der Waals surface area (Å²) in [6.07, 6.45) is 0. The Labute approximate surface area is 149 Å². The van der Waals surface area contributed by atoms with Crippen LogP contribution >= 0.6 is 0 Å². The first-order valence-corrected chi connectivity index (χ1v) is 8.45. The molecule has 0 aliphatic carbocycles. The van der Waals surface area contributed by atoms with Gasteiger partial charge >= 0.3 is 0 Å². The molecule has 0 bridgehead atoms. The van der Waals surface area contributed by atoms with Crippen LogP contribution in [0.2, 0.25) is 0 Å². The molecule has 0 saturated carbocycles. The molecule has 2 aromatic carbocycles. The van der Waals surface area contributed by atoms with Crippen molar-refractivity contribution < 1.29 is 14.3 Å². The van der Waals surface area contributed by atoms with Crippen molar-refractivity contribution in [2.45, 2.75) is 13.5 Å². The van der Waals surface area contributed by atoms with Crippen molar-refractivity contribution >= 4 is 5.91 Å². The van der Waals surface area contributed by atoms with Gasteiger partial charge in [0.05, 0.1) is 6.61 Å². The van der Waals surface area contributed by atoms with E-state index >= 15 is 0 Å². The molecule has 2 rings (SSSR count). The number of nitrogens with one attached hydrogen (secondary N) is 2. The summed E-state index contributed by atoms with van der Waals surface area (Å²) in [6, 6.07) is 15.4. The maximum Gasteiger partial charge on any atom is 0.251 e. The first-order valence-electron chi connectivity index (χ1n) is 8.45. The topological polar surface area (TPSA) is 59.6 Å². The van der Waals surface area contributed by atoms with Crippen LogP contribution in [0.1, 0.15) is 21.5 Å². The second-order valence-corrected chi connectivity index (χ2v) is 5.80. The lowest BCUT2D eigenvalue weighted by Gasteiger charge is -2.10. The number of rotatable bonds is 10. The van der Waals surface area contributed by atoms with Gasteiger partial charge in [-0.05, 0) is 30.7 Å². The minimum atomic E-state index is -0.102. The molecule has 0 aliphatic heterocycles. The molecule has 0 saturated heterocycles. The summed E-state index contributed by atoms with van der Waals surface area (Å²) in [5.41, 5.74) is 2.91. The molecule has 0 heterocycles. The molecule has 5 nitrogen and oxygen atoms in total. The van der Waals surface area contributed by atoms with E-state index in [0.29, 0.717) is 37.6 Å². The van der Waals surface area contributed by atoms with Gasteiger partial charge in [0.2, 0.25) is 0 Å². The first kappa shape index (κ1) is 19.0. The van der Waals surface area contributed by atoms with Crippen LogP contribution in [0.4, 0.5) is 0 Å². The van der Waals surface area contributed by atoms with E-state index in [0.717, 1.165) is 12.1 Å². The zero-order valence-electron chi connectivity index (χ0n) is 14.9. The Kier molecular flexibility index (Phi) is 7.95. The van der Waals surface area contributed by atoms with E-state index in [9.17, 15) is 4.79 Å². The largest absolute Gasteiger partial charge is 0.489 e. The maximum atomic E-state index is 12.2. The van der Waals surface area contributed by atoms with Crippen molar-refractivity contribution in [1.29, 1.82) is 0 Å². The highest BCUT2D eigenvalue weighted by Crippen LogP contribution is 2.15. The van der Waals surface area contributed by atoms with Crippen molar-refractivity contribution in [1.82, 2.24) is 10.6 Å². The summed E-state index contributed by atoms with van der Waals surface area (Å²) in [5.74, 6) is 0.585. The molecule has 5 heteroatoms. The molecule has 1 amide bonds. The van der Waals surface area contributed by atoms with Crippen molar-refractivity contribution in [3.05, 3.63) is 65.2 Å². The highest BCUT2D eigenvalue weighted by atomic mass is 16.5. The molecule has 0 spiro atoms. The van der Waals surface area contributed by atoms with Crippen molar-refractivity contribution in [2.75, 3.05) is 33.4 Å². The summed E-state index contributed by atoms with van der Waals surface area (Å²) in [4.78, 5) is 12.2. The average Bonchev–Trinajstić information content (AvgIpc) is 2.63. The van der Waals surface area contributed by atoms with Crippen LogP contribution in [0.3, 0.4) is 0 Å². The van der Waals surface area contributed by atoms with Crippen LogP contribution in [0.25, 0.3) is 0 Å². The Bertz CT molecular complexity index is 673. The van der Waals surface area contributed by atoms with Crippen LogP contribution in [0.15, 0.2) is 48.5 Å². The van der Waals surface area contributed by atoms with Crippen molar-refractivity contribution in [2.24, 2.45) is 0 Å². The summed E-state index contributed by atoms with van der Waals surface area (Å²) in [5, 5.41) is 6.07. The SMILES string of the molecule is COCCNCCNC(=O)c1cccc(OCc2cccc(C)c2)c1. The molecule has 0 aliphatic rings. The van der Waals surface area contributed by atoms with Gasteiger partial charge < -0.3 is 20.1 Å². The molecular weight excluding hydrogens is 316 g/mol. The van der Waals surface area contributed by atoms with Crippen LogP contribution in [0.5, 0.6) is 5.75 Å². The number of hydrogen-bond acceptors (Lipinski definition) is 4. The van der Waals surface area contributed by atoms with Crippen LogP contribution in [0, 0.1) is 6.92 Å². The standard InChI is InChI=1S/C20H26N2O3/c1-16-5-3-6-17(13-16)15-25-19-8-4-7-18(14-19)20(23)22-10-9-21-11-12-24-2/h3-8,13-14,21H,9-12,15H2,1-2H3,(H,22,23). The highest BCUT2D eigenvalue weighted by molar-refractivity contribution is 5.94. The fraction of sp³-hybridized carbons (Fsp3) is 0.350. The van der Waals surface area contributed by atoms with Crippen molar-refractivity contribution in [3.63, 3.8) is 0 Å². The molecule has 0 radical (unpaired) electrons. The maximum absolute atomic E-state index is 12.2. The number of amides is 1. The predicted octanol–water partition coefficient (Wildman–Crippen LogP) is 2.54. The van der Waals surface area contributed by atoms with Crippen LogP contribution < -0.4 is 15.4 Å². The van der Waals surface area contributed by atoms with Gasteiger partial charge in [-0.3, -0.25) is 4.79 Å². The van der Waals surface area contributed by atoms with Gasteiger partial charge in [-0.25, -0.2) is 0 Å². The number of methoxy groups -OCH3 is 1. The number of aryl methyl sites for hydroxylation is 1. The molecule has 0 atom stereocenters. The van der Waals surface area contributed by atoms with E-state index in [2.05, 4.69) is 29.7 Å². The van der Waals surface area contributed by atoms with Gasteiger partial charge in [0.15, 0.2) is 0 Å². The van der Waals surface area contributed by atoms with E-state index in [-0.39, 0.29) is 5.91 Å². The quantitative estimate of drug-likeness (QED) is 0.652. The summed E-state index contributed by atoms with van der Waals surface area (Å²) >= 11 is 0. The summed E-state index contributed by atoms with van der Waals surface area (Å²) in [6.45, 7) is 5.24. The van der Waals surface area contributed by atoms with Crippen molar-refractivity contribution in [3.8, 4) is 5.75 Å². The second kappa shape index (κ2) is 10.5. The van der Waals surface area contributed by atoms with E-state index in [1.54, 1.807) is 19.2 Å². The smallest absolute Gasteiger partial charge is 0.251 e. The number of benzene rings is 2. The molecular formula is C20H26N2O3. The van der Waals surface area contributed by atoms with Gasteiger partial charge in [0, 0.05) is 32.3 Å². The zero-order chi connectivity index (χ0) is 17.9. The van der Waals surface area contributed by atoms with E-state index in [1.165, 1.54) is 5.56 Å². The van der Waals surface area contributed by atoms with E-state index in [4.69, 9.17) is 9.47 Å². The lowest BCUT2D eigenvalue weighted by molar-refractivity contribution is 0.0953. The zero-order valence-corrected chi connectivity index (χ0v) is 14.9. The third-order valence-corrected chi connectivity index (χ3v) is 3.65. The van der Waals surface area contributed by atoms with Gasteiger partial charge in [0.1, 0.15) is 12.4 Å². The Morgan fingerprint density at radius 3 is 2.68 bits per heavy atom. The third-order valence-electron chi connectivity index (χ3n) is 3.65. The third kappa shape index (κ3) is 6.95. The number of hydrogen-bond donors (Lipinski definition) is 2. The minimum Gasteiger partial charge on any atom is -0.489 e. The summed E-state index contributed by atoms with van der Waals surface area (Å²) < 4.78 is 10.8. The first-order chi connectivity index (χ1) is 12.2. The van der Waals surface area contributed by atoms with Crippen LogP contribution in [-0.2, 0) is 11.3 Å². The lowest BCUT2D eigenvalue weighted by Crippen LogP contribution is -2.33. The van der Waals surface area contributed by atoms with Gasteiger partial charge in [-0.15, -0.1) is 0 Å². The highest BCUT2D eigenvalue weighted by Gasteiger charge is 2.06. The molecule has 25 heavy (non-hydrogen) atoms. The molecule has 134 valence electrons. The van der Waals surface area contributed by atoms with Gasteiger partial charge in [-0.2, -0.15) is 0 Å². The van der Waals surface area contributed by atoms with Gasteiger partial charge in [-0.1, -0.05) is 35.9 Å². The monoisotopic (exact) mass is 342 g/mol. The lowest BCUT2D eigenvalue weighted by atomic mass is 10.1. The molecule has 2 N–H and O–H groups in total. The number of carbonyl (C=O) groups is 1. The summed E-state index contributed by atoms with van der Waals surface area (Å²) in [7, 11) is 1.66. The molecule has 0 unspecified atom stereocenters. The van der Waals surface area contributed by atoms with E-state index in [1.807, 2.05) is 24.3 Å². The Hall–Kier alpha value is -2.37. The number of ether oxygens (including phenoxy) is 2. The Morgan fingerprint density at radius 2 is 1.88 bits per heavy atom. The van der Waals surface area contributed by atoms with E-state index < -0.39 is 0 Å². The fourth-order valence-corrected chi connectivity index (χ4v) is 2.36. The molecule has 0 fully saturated rings.